The van der Waals surface area contributed by atoms with Crippen molar-refractivity contribution >= 4 is 51.7 Å². The van der Waals surface area contributed by atoms with Crippen LogP contribution in [-0.2, 0) is 15.8 Å². The Balaban J connectivity index is 1.85. The van der Waals surface area contributed by atoms with Gasteiger partial charge in [-0.2, -0.15) is 13.2 Å². The Morgan fingerprint density at radius 3 is 2.58 bits per heavy atom. The van der Waals surface area contributed by atoms with Gasteiger partial charge in [-0.1, -0.05) is 41.1 Å². The summed E-state index contributed by atoms with van der Waals surface area (Å²) in [6.07, 6.45) is -4.69. The van der Waals surface area contributed by atoms with Gasteiger partial charge in [-0.25, -0.2) is 4.99 Å². The molecule has 3 rings (SSSR count). The quantitative estimate of drug-likeness (QED) is 0.639. The molecule has 0 saturated carbocycles. The van der Waals surface area contributed by atoms with Crippen LogP contribution >= 0.6 is 23.4 Å². The lowest BCUT2D eigenvalue weighted by molar-refractivity contribution is -0.137. The summed E-state index contributed by atoms with van der Waals surface area (Å²) in [5.41, 5.74) is 1.53. The normalized spacial score (nSPS) is 18.4. The maximum atomic E-state index is 13.1. The molecule has 164 valence electrons. The van der Waals surface area contributed by atoms with E-state index in [4.69, 9.17) is 11.6 Å². The Hall–Kier alpha value is -2.52. The molecular formula is C21H19ClF3N3O2S. The summed E-state index contributed by atoms with van der Waals surface area (Å²) in [7, 11) is 1.47. The van der Waals surface area contributed by atoms with Gasteiger partial charge in [-0.15, -0.1) is 0 Å². The van der Waals surface area contributed by atoms with Crippen LogP contribution in [0.3, 0.4) is 0 Å². The number of amidine groups is 1. The summed E-state index contributed by atoms with van der Waals surface area (Å²) in [4.78, 5) is 30.6. The van der Waals surface area contributed by atoms with Crippen molar-refractivity contribution in [3.8, 4) is 0 Å². The summed E-state index contributed by atoms with van der Waals surface area (Å²) in [6, 6.07) is 8.81. The van der Waals surface area contributed by atoms with Crippen LogP contribution in [0, 0.1) is 13.8 Å². The molecule has 1 saturated heterocycles. The highest BCUT2D eigenvalue weighted by molar-refractivity contribution is 8.15. The number of amides is 2. The summed E-state index contributed by atoms with van der Waals surface area (Å²) < 4.78 is 39.4. The average Bonchev–Trinajstić information content (AvgIpc) is 2.68. The van der Waals surface area contributed by atoms with Crippen LogP contribution in [0.2, 0.25) is 5.02 Å². The topological polar surface area (TPSA) is 61.8 Å². The molecule has 0 bridgehead atoms. The molecule has 2 amide bonds. The van der Waals surface area contributed by atoms with E-state index < -0.39 is 22.0 Å². The van der Waals surface area contributed by atoms with E-state index >= 15 is 0 Å². The van der Waals surface area contributed by atoms with Gasteiger partial charge in [0.2, 0.25) is 11.8 Å². The van der Waals surface area contributed by atoms with Crippen molar-refractivity contribution in [3.63, 3.8) is 0 Å². The summed E-state index contributed by atoms with van der Waals surface area (Å²) >= 11 is 6.67. The number of hydrogen-bond acceptors (Lipinski definition) is 4. The average molecular weight is 470 g/mol. The highest BCUT2D eigenvalue weighted by Crippen LogP contribution is 2.37. The number of carbonyl (C=O) groups is 2. The number of benzene rings is 2. The first-order chi connectivity index (χ1) is 14.5. The number of aryl methyl sites for hydroxylation is 2. The highest BCUT2D eigenvalue weighted by atomic mass is 35.5. The van der Waals surface area contributed by atoms with Crippen LogP contribution in [0.25, 0.3) is 0 Å². The first-order valence-electron chi connectivity index (χ1n) is 9.22. The Labute approximate surface area is 186 Å². The molecule has 1 N–H and O–H groups in total. The lowest BCUT2D eigenvalue weighted by atomic mass is 10.1. The maximum absolute atomic E-state index is 13.1. The smallest absolute Gasteiger partial charge is 0.325 e. The fourth-order valence-corrected chi connectivity index (χ4v) is 4.26. The van der Waals surface area contributed by atoms with Crippen LogP contribution < -0.4 is 5.32 Å². The second kappa shape index (κ2) is 8.92. The summed E-state index contributed by atoms with van der Waals surface area (Å²) in [5.74, 6) is -0.735. The van der Waals surface area contributed by atoms with E-state index in [1.165, 1.54) is 18.0 Å². The number of hydrogen-bond donors (Lipinski definition) is 1. The molecule has 0 radical (unpaired) electrons. The standard InChI is InChI=1S/C21H19ClF3N3O2S/c1-11-4-7-16(12(2)8-11)27-19(30)17-10-18(29)28(3)20(31-17)26-13-5-6-15(22)14(9-13)21(23,24)25/h4-9,17H,10H2,1-3H3,(H,27,30). The number of halogens is 4. The third-order valence-corrected chi connectivity index (χ3v) is 6.25. The van der Waals surface area contributed by atoms with Crippen molar-refractivity contribution in [2.45, 2.75) is 31.7 Å². The van der Waals surface area contributed by atoms with Crippen molar-refractivity contribution in [1.82, 2.24) is 4.90 Å². The molecule has 10 heteroatoms. The van der Waals surface area contributed by atoms with E-state index in [0.29, 0.717) is 5.69 Å². The van der Waals surface area contributed by atoms with Crippen molar-refractivity contribution in [1.29, 1.82) is 0 Å². The zero-order valence-electron chi connectivity index (χ0n) is 16.9. The molecule has 1 aliphatic rings. The monoisotopic (exact) mass is 469 g/mol. The largest absolute Gasteiger partial charge is 0.417 e. The van der Waals surface area contributed by atoms with E-state index in [9.17, 15) is 22.8 Å². The molecule has 1 heterocycles. The number of nitrogens with one attached hydrogen (secondary N) is 1. The number of aliphatic imine (C=N–C) groups is 1. The molecule has 0 aromatic heterocycles. The molecule has 31 heavy (non-hydrogen) atoms. The fourth-order valence-electron chi connectivity index (χ4n) is 2.98. The first-order valence-corrected chi connectivity index (χ1v) is 10.5. The SMILES string of the molecule is Cc1ccc(NC(=O)C2CC(=O)N(C)C(=Nc3ccc(Cl)c(C(F)(F)F)c3)S2)c(C)c1. The van der Waals surface area contributed by atoms with E-state index in [1.807, 2.05) is 26.0 Å². The summed E-state index contributed by atoms with van der Waals surface area (Å²) in [6.45, 7) is 3.80. The van der Waals surface area contributed by atoms with E-state index in [1.54, 1.807) is 6.07 Å². The molecule has 1 atom stereocenters. The maximum Gasteiger partial charge on any atom is 0.417 e. The van der Waals surface area contributed by atoms with E-state index in [2.05, 4.69) is 10.3 Å². The van der Waals surface area contributed by atoms with Gasteiger partial charge in [-0.3, -0.25) is 14.5 Å². The summed E-state index contributed by atoms with van der Waals surface area (Å²) in [5, 5.41) is 1.74. The van der Waals surface area contributed by atoms with Crippen LogP contribution in [0.15, 0.2) is 41.4 Å². The number of alkyl halides is 3. The third kappa shape index (κ3) is 5.40. The van der Waals surface area contributed by atoms with Crippen LogP contribution in [0.1, 0.15) is 23.1 Å². The molecule has 1 fully saturated rings. The zero-order chi connectivity index (χ0) is 22.9. The fraction of sp³-hybridized carbons (Fsp3) is 0.286. The Bertz CT molecular complexity index is 1070. The van der Waals surface area contributed by atoms with Crippen molar-refractivity contribution in [3.05, 3.63) is 58.1 Å². The van der Waals surface area contributed by atoms with Gasteiger partial charge in [0.05, 0.1) is 16.3 Å². The van der Waals surface area contributed by atoms with E-state index in [0.717, 1.165) is 35.0 Å². The van der Waals surface area contributed by atoms with Gasteiger partial charge in [0.15, 0.2) is 5.17 Å². The van der Waals surface area contributed by atoms with Gasteiger partial charge in [0.1, 0.15) is 5.25 Å². The van der Waals surface area contributed by atoms with Crippen molar-refractivity contribution in [2.75, 3.05) is 12.4 Å². The number of anilines is 1. The molecule has 1 aliphatic heterocycles. The highest BCUT2D eigenvalue weighted by Gasteiger charge is 2.35. The molecule has 0 spiro atoms. The number of nitrogens with zero attached hydrogens (tertiary/aromatic N) is 2. The van der Waals surface area contributed by atoms with Gasteiger partial charge >= 0.3 is 6.18 Å². The molecule has 1 unspecified atom stereocenters. The predicted molar refractivity (Wildman–Crippen MR) is 117 cm³/mol. The Kier molecular flexibility index (Phi) is 6.66. The predicted octanol–water partition coefficient (Wildman–Crippen LogP) is 5.57. The minimum atomic E-state index is -4.64. The molecule has 5 nitrogen and oxygen atoms in total. The minimum absolute atomic E-state index is 0.0192. The van der Waals surface area contributed by atoms with Gasteiger partial charge in [0, 0.05) is 19.2 Å². The lowest BCUT2D eigenvalue weighted by Gasteiger charge is -2.29. The molecule has 2 aromatic carbocycles. The second-order valence-electron chi connectivity index (χ2n) is 7.13. The van der Waals surface area contributed by atoms with Gasteiger partial charge in [-0.05, 0) is 43.7 Å². The third-order valence-electron chi connectivity index (χ3n) is 4.68. The van der Waals surface area contributed by atoms with Crippen LogP contribution in [0.5, 0.6) is 0 Å². The number of rotatable bonds is 3. The zero-order valence-corrected chi connectivity index (χ0v) is 18.5. The van der Waals surface area contributed by atoms with Crippen molar-refractivity contribution in [2.24, 2.45) is 4.99 Å². The molecular weight excluding hydrogens is 451 g/mol. The van der Waals surface area contributed by atoms with Crippen LogP contribution in [0.4, 0.5) is 24.5 Å². The van der Waals surface area contributed by atoms with Crippen LogP contribution in [-0.4, -0.2) is 34.2 Å². The Morgan fingerprint density at radius 1 is 1.23 bits per heavy atom. The van der Waals surface area contributed by atoms with Crippen molar-refractivity contribution < 1.29 is 22.8 Å². The Morgan fingerprint density at radius 2 is 1.94 bits per heavy atom. The second-order valence-corrected chi connectivity index (χ2v) is 8.70. The van der Waals surface area contributed by atoms with E-state index in [-0.39, 0.29) is 29.1 Å². The molecule has 2 aromatic rings. The first kappa shape index (κ1) is 23.1. The van der Waals surface area contributed by atoms with Gasteiger partial charge in [0.25, 0.3) is 0 Å². The lowest BCUT2D eigenvalue weighted by Crippen LogP contribution is -2.43. The van der Waals surface area contributed by atoms with Gasteiger partial charge < -0.3 is 5.32 Å². The number of thioether (sulfide) groups is 1. The molecule has 0 aliphatic carbocycles. The minimum Gasteiger partial charge on any atom is -0.325 e. The number of carbonyl (C=O) groups excluding carboxylic acids is 2.